The minimum absolute atomic E-state index is 0.0228. The van der Waals surface area contributed by atoms with Gasteiger partial charge in [0, 0.05) is 37.4 Å². The molecular weight excluding hydrogens is 577 g/mol. The van der Waals surface area contributed by atoms with Crippen molar-refractivity contribution in [1.82, 2.24) is 19.8 Å². The molecule has 5 N–H and O–H groups in total. The van der Waals surface area contributed by atoms with Crippen molar-refractivity contribution in [2.45, 2.75) is 25.4 Å². The van der Waals surface area contributed by atoms with Crippen LogP contribution in [0.25, 0.3) is 27.8 Å². The summed E-state index contributed by atoms with van der Waals surface area (Å²) in [4.78, 5) is 3.61. The van der Waals surface area contributed by atoms with E-state index in [0.717, 1.165) is 21.4 Å². The number of rotatable bonds is 9. The molecule has 44 heavy (non-hydrogen) atoms. The number of aliphatic hydroxyl groups excluding tert-OH is 3. The first-order valence-corrected chi connectivity index (χ1v) is 14.1. The van der Waals surface area contributed by atoms with E-state index >= 15 is 0 Å². The van der Waals surface area contributed by atoms with E-state index in [2.05, 4.69) is 10.3 Å². The third-order valence-corrected chi connectivity index (χ3v) is 7.91. The molecule has 1 atom stereocenters. The maximum Gasteiger partial charge on any atom is 0.435 e. The predicted molar refractivity (Wildman–Crippen MR) is 158 cm³/mol. The predicted octanol–water partition coefficient (Wildman–Crippen LogP) is 4.12. The normalized spacial score (nSPS) is 15.3. The van der Waals surface area contributed by atoms with Crippen LogP contribution in [0.1, 0.15) is 28.7 Å². The molecule has 2 aromatic heterocycles. The lowest BCUT2D eigenvalue weighted by Crippen LogP contribution is -2.36. The summed E-state index contributed by atoms with van der Waals surface area (Å²) in [6, 6.07) is 19.9. The first-order chi connectivity index (χ1) is 21.2. The Hall–Kier alpha value is -4.43. The molecule has 1 aliphatic heterocycles. The van der Waals surface area contributed by atoms with Crippen LogP contribution in [-0.4, -0.2) is 68.0 Å². The van der Waals surface area contributed by atoms with E-state index in [4.69, 9.17) is 10.3 Å². The van der Waals surface area contributed by atoms with Gasteiger partial charge in [-0.3, -0.25) is 4.90 Å². The average molecular weight is 609 g/mol. The van der Waals surface area contributed by atoms with E-state index in [1.165, 1.54) is 6.07 Å². The molecule has 230 valence electrons. The van der Waals surface area contributed by atoms with Crippen molar-refractivity contribution in [3.05, 3.63) is 89.2 Å². The molecule has 0 saturated carbocycles. The van der Waals surface area contributed by atoms with Crippen LogP contribution >= 0.6 is 0 Å². The Bertz CT molecular complexity index is 1760. The Labute approximate surface area is 250 Å². The van der Waals surface area contributed by atoms with Gasteiger partial charge < -0.3 is 30.5 Å². The van der Waals surface area contributed by atoms with E-state index in [1.54, 1.807) is 17.0 Å². The molecule has 5 aromatic rings. The molecule has 3 aromatic carbocycles. The number of benzene rings is 3. The molecular formula is C31H31F3N6O4. The number of aromatic nitrogens is 3. The van der Waals surface area contributed by atoms with Crippen LogP contribution in [0, 0.1) is 0 Å². The summed E-state index contributed by atoms with van der Waals surface area (Å²) in [7, 11) is 0. The topological polar surface area (TPSA) is 137 Å². The number of aliphatic hydroxyl groups is 3. The first-order valence-electron chi connectivity index (χ1n) is 14.1. The minimum Gasteiger partial charge on any atom is -0.395 e. The van der Waals surface area contributed by atoms with Crippen LogP contribution in [0.2, 0.25) is 0 Å². The molecule has 0 fully saturated rings. The zero-order chi connectivity index (χ0) is 31.0. The van der Waals surface area contributed by atoms with Gasteiger partial charge in [0.2, 0.25) is 0 Å². The molecule has 0 saturated heterocycles. The highest BCUT2D eigenvalue weighted by Crippen LogP contribution is 2.41. The van der Waals surface area contributed by atoms with Crippen molar-refractivity contribution in [2.75, 3.05) is 43.5 Å². The quantitative estimate of drug-likeness (QED) is 0.195. The lowest BCUT2D eigenvalue weighted by molar-refractivity contribution is -0.142. The summed E-state index contributed by atoms with van der Waals surface area (Å²) in [5, 5.41) is 38.4. The number of nitrogens with two attached hydrogens (primary N) is 1. The van der Waals surface area contributed by atoms with Gasteiger partial charge in [-0.25, -0.2) is 4.68 Å². The smallest absolute Gasteiger partial charge is 0.395 e. The average Bonchev–Trinajstić information content (AvgIpc) is 3.59. The summed E-state index contributed by atoms with van der Waals surface area (Å²) < 4.78 is 48.5. The number of nitrogen functional groups attached to an aromatic ring is 1. The fraction of sp³-hybridized carbons (Fsp3) is 0.290. The maximum atomic E-state index is 14.1. The molecule has 3 heterocycles. The highest BCUT2D eigenvalue weighted by Gasteiger charge is 2.43. The fourth-order valence-electron chi connectivity index (χ4n) is 5.82. The molecule has 0 radical (unpaired) electrons. The van der Waals surface area contributed by atoms with Gasteiger partial charge in [0.15, 0.2) is 23.3 Å². The Morgan fingerprint density at radius 1 is 0.977 bits per heavy atom. The second-order valence-electron chi connectivity index (χ2n) is 10.6. The summed E-state index contributed by atoms with van der Waals surface area (Å²) in [5.41, 5.74) is 9.00. The molecule has 0 bridgehead atoms. The van der Waals surface area contributed by atoms with E-state index in [0.29, 0.717) is 36.3 Å². The standard InChI is InChI=1S/C31H31F3N6O4/c32-31(33,34)28-24-11-12-39(30(43)27(24)40(36-28)22-9-10-26-25(17-22)29(35)37-44-26)21-7-5-19(6-8-21)23-4-2-1-3-20(23)18-38(13-15-41)14-16-42/h1-10,17,30,41-43H,11-16,18H2,(H2,35,37). The van der Waals surface area contributed by atoms with Crippen LogP contribution in [0.15, 0.2) is 71.3 Å². The van der Waals surface area contributed by atoms with Crippen LogP contribution in [0.5, 0.6) is 0 Å². The van der Waals surface area contributed by atoms with Crippen molar-refractivity contribution in [3.8, 4) is 16.8 Å². The van der Waals surface area contributed by atoms with Gasteiger partial charge >= 0.3 is 6.18 Å². The summed E-state index contributed by atoms with van der Waals surface area (Å²) >= 11 is 0. The number of nitrogens with zero attached hydrogens (tertiary/aromatic N) is 5. The van der Waals surface area contributed by atoms with Crippen LogP contribution in [-0.2, 0) is 19.1 Å². The molecule has 6 rings (SSSR count). The van der Waals surface area contributed by atoms with Crippen molar-refractivity contribution >= 4 is 22.5 Å². The second kappa shape index (κ2) is 11.9. The lowest BCUT2D eigenvalue weighted by atomic mass is 9.98. The number of anilines is 2. The first kappa shape index (κ1) is 29.6. The Kier molecular flexibility index (Phi) is 8.03. The van der Waals surface area contributed by atoms with Gasteiger partial charge in [0.1, 0.15) is 0 Å². The van der Waals surface area contributed by atoms with Gasteiger partial charge in [-0.1, -0.05) is 41.6 Å². The highest BCUT2D eigenvalue weighted by atomic mass is 19.4. The number of halogens is 3. The Balaban J connectivity index is 1.33. The zero-order valence-corrected chi connectivity index (χ0v) is 23.6. The molecule has 0 spiro atoms. The third-order valence-electron chi connectivity index (χ3n) is 7.91. The highest BCUT2D eigenvalue weighted by molar-refractivity contribution is 5.88. The maximum absolute atomic E-state index is 14.1. The Morgan fingerprint density at radius 3 is 2.39 bits per heavy atom. The van der Waals surface area contributed by atoms with Crippen LogP contribution in [0.3, 0.4) is 0 Å². The summed E-state index contributed by atoms with van der Waals surface area (Å²) in [6.45, 7) is 1.48. The number of fused-ring (bicyclic) bond motifs is 2. The molecule has 0 aliphatic carbocycles. The van der Waals surface area contributed by atoms with Crippen LogP contribution in [0.4, 0.5) is 24.7 Å². The fourth-order valence-corrected chi connectivity index (χ4v) is 5.82. The number of alkyl halides is 3. The van der Waals surface area contributed by atoms with Crippen LogP contribution < -0.4 is 10.6 Å². The third kappa shape index (κ3) is 5.50. The molecule has 1 aliphatic rings. The van der Waals surface area contributed by atoms with Gasteiger partial charge in [-0.05, 0) is 53.4 Å². The largest absolute Gasteiger partial charge is 0.435 e. The summed E-state index contributed by atoms with van der Waals surface area (Å²) in [5.74, 6) is 0.0947. The van der Waals surface area contributed by atoms with E-state index < -0.39 is 18.1 Å². The van der Waals surface area contributed by atoms with Gasteiger partial charge in [-0.15, -0.1) is 0 Å². The van der Waals surface area contributed by atoms with E-state index in [-0.39, 0.29) is 48.9 Å². The lowest BCUT2D eigenvalue weighted by Gasteiger charge is -2.35. The molecule has 13 heteroatoms. The van der Waals surface area contributed by atoms with E-state index in [1.807, 2.05) is 53.4 Å². The molecule has 10 nitrogen and oxygen atoms in total. The van der Waals surface area contributed by atoms with E-state index in [9.17, 15) is 28.5 Å². The molecule has 1 unspecified atom stereocenters. The van der Waals surface area contributed by atoms with Gasteiger partial charge in [0.25, 0.3) is 0 Å². The van der Waals surface area contributed by atoms with Crippen molar-refractivity contribution < 1.29 is 33.0 Å². The summed E-state index contributed by atoms with van der Waals surface area (Å²) in [6.07, 6.45) is -6.10. The number of hydrogen-bond acceptors (Lipinski definition) is 9. The zero-order valence-electron chi connectivity index (χ0n) is 23.6. The van der Waals surface area contributed by atoms with Gasteiger partial charge in [-0.2, -0.15) is 18.3 Å². The number of hydrogen-bond donors (Lipinski definition) is 4. The van der Waals surface area contributed by atoms with Gasteiger partial charge in [0.05, 0.1) is 30.0 Å². The SMILES string of the molecule is Nc1noc2ccc(-n3nc(C(F)(F)F)c4c3C(O)N(c3ccc(-c5ccccc5CN(CCO)CCO)cc3)CC4)cc12. The van der Waals surface area contributed by atoms with Crippen molar-refractivity contribution in [1.29, 1.82) is 0 Å². The van der Waals surface area contributed by atoms with Crippen molar-refractivity contribution in [2.24, 2.45) is 0 Å². The monoisotopic (exact) mass is 608 g/mol. The minimum atomic E-state index is -4.71. The molecule has 0 amide bonds. The second-order valence-corrected chi connectivity index (χ2v) is 10.6. The Morgan fingerprint density at radius 2 is 1.68 bits per heavy atom. The van der Waals surface area contributed by atoms with Crippen molar-refractivity contribution in [3.63, 3.8) is 0 Å².